The minimum atomic E-state index is -0.917. The Kier molecular flexibility index (Phi) is 6.35. The monoisotopic (exact) mass is 328 g/mol. The molecule has 3 N–H and O–H groups in total. The summed E-state index contributed by atoms with van der Waals surface area (Å²) in [4.78, 5) is 22.5. The van der Waals surface area contributed by atoms with Gasteiger partial charge in [0, 0.05) is 10.5 Å². The highest BCUT2D eigenvalue weighted by atomic mass is 79.9. The summed E-state index contributed by atoms with van der Waals surface area (Å²) in [7, 11) is 0. The molecule has 1 aromatic carbocycles. The molecule has 5 nitrogen and oxygen atoms in total. The number of hydrogen-bond donors (Lipinski definition) is 3. The first-order chi connectivity index (χ1) is 9.02. The van der Waals surface area contributed by atoms with Crippen molar-refractivity contribution in [2.45, 2.75) is 32.2 Å². The summed E-state index contributed by atoms with van der Waals surface area (Å²) in [6.07, 6.45) is 1.38. The van der Waals surface area contributed by atoms with E-state index in [0.717, 1.165) is 10.9 Å². The Bertz CT molecular complexity index is 451. The second kappa shape index (κ2) is 7.78. The van der Waals surface area contributed by atoms with E-state index in [0.29, 0.717) is 12.1 Å². The fourth-order valence-corrected chi connectivity index (χ4v) is 2.07. The molecule has 0 aliphatic carbocycles. The van der Waals surface area contributed by atoms with E-state index in [2.05, 4.69) is 26.6 Å². The van der Waals surface area contributed by atoms with Crippen LogP contribution in [-0.2, 0) is 4.79 Å². The second-order valence-corrected chi connectivity index (χ2v) is 5.02. The number of para-hydroxylation sites is 1. The number of anilines is 1. The molecule has 1 atom stereocenters. The third kappa shape index (κ3) is 5.74. The van der Waals surface area contributed by atoms with Crippen LogP contribution in [0.15, 0.2) is 28.7 Å². The largest absolute Gasteiger partial charge is 0.481 e. The zero-order chi connectivity index (χ0) is 14.3. The molecule has 0 spiro atoms. The highest BCUT2D eigenvalue weighted by molar-refractivity contribution is 9.10. The Labute approximate surface area is 120 Å². The normalized spacial score (nSPS) is 11.7. The van der Waals surface area contributed by atoms with Crippen molar-refractivity contribution in [2.24, 2.45) is 0 Å². The fraction of sp³-hybridized carbons (Fsp3) is 0.385. The molecule has 6 heteroatoms. The van der Waals surface area contributed by atoms with Crippen molar-refractivity contribution in [2.75, 3.05) is 5.32 Å². The summed E-state index contributed by atoms with van der Waals surface area (Å²) >= 11 is 3.33. The Morgan fingerprint density at radius 1 is 1.37 bits per heavy atom. The van der Waals surface area contributed by atoms with Gasteiger partial charge in [-0.2, -0.15) is 0 Å². The third-order valence-corrected chi connectivity index (χ3v) is 3.21. The predicted octanol–water partition coefficient (Wildman–Crippen LogP) is 3.21. The Hall–Kier alpha value is -1.56. The molecule has 1 rings (SSSR count). The van der Waals surface area contributed by atoms with Crippen molar-refractivity contribution in [3.05, 3.63) is 28.7 Å². The van der Waals surface area contributed by atoms with Crippen LogP contribution in [0.5, 0.6) is 0 Å². The van der Waals surface area contributed by atoms with E-state index >= 15 is 0 Å². The highest BCUT2D eigenvalue weighted by Gasteiger charge is 2.15. The summed E-state index contributed by atoms with van der Waals surface area (Å²) in [6, 6.07) is 6.47. The molecule has 0 aliphatic rings. The average molecular weight is 329 g/mol. The van der Waals surface area contributed by atoms with E-state index in [4.69, 9.17) is 5.11 Å². The van der Waals surface area contributed by atoms with E-state index < -0.39 is 12.0 Å². The molecule has 2 amide bonds. The van der Waals surface area contributed by atoms with Gasteiger partial charge in [-0.3, -0.25) is 4.79 Å². The van der Waals surface area contributed by atoms with Crippen molar-refractivity contribution in [1.29, 1.82) is 0 Å². The number of aliphatic carboxylic acids is 1. The van der Waals surface area contributed by atoms with Gasteiger partial charge in [0.25, 0.3) is 0 Å². The van der Waals surface area contributed by atoms with Gasteiger partial charge in [0.15, 0.2) is 0 Å². The molecule has 0 saturated heterocycles. The molecule has 19 heavy (non-hydrogen) atoms. The molecular formula is C13H17BrN2O3. The lowest BCUT2D eigenvalue weighted by Crippen LogP contribution is -2.39. The molecule has 0 heterocycles. The van der Waals surface area contributed by atoms with E-state index in [-0.39, 0.29) is 12.5 Å². The van der Waals surface area contributed by atoms with Crippen molar-refractivity contribution >= 4 is 33.6 Å². The summed E-state index contributed by atoms with van der Waals surface area (Å²) < 4.78 is 0.774. The standard InChI is InChI=1S/C13H17BrN2O3/c1-2-5-9(8-12(17)18)15-13(19)16-11-7-4-3-6-10(11)14/h3-4,6-7,9H,2,5,8H2,1H3,(H,17,18)(H2,15,16,19). The van der Waals surface area contributed by atoms with Gasteiger partial charge in [-0.15, -0.1) is 0 Å². The van der Waals surface area contributed by atoms with Crippen molar-refractivity contribution in [3.8, 4) is 0 Å². The minimum Gasteiger partial charge on any atom is -0.481 e. The number of urea groups is 1. The number of carboxylic acids is 1. The van der Waals surface area contributed by atoms with E-state index in [1.54, 1.807) is 12.1 Å². The van der Waals surface area contributed by atoms with Gasteiger partial charge >= 0.3 is 12.0 Å². The molecule has 0 radical (unpaired) electrons. The predicted molar refractivity (Wildman–Crippen MR) is 77.2 cm³/mol. The number of carbonyl (C=O) groups excluding carboxylic acids is 1. The summed E-state index contributed by atoms with van der Waals surface area (Å²) in [5, 5.41) is 14.1. The topological polar surface area (TPSA) is 78.4 Å². The lowest BCUT2D eigenvalue weighted by atomic mass is 10.1. The van der Waals surface area contributed by atoms with Crippen LogP contribution in [0.25, 0.3) is 0 Å². The van der Waals surface area contributed by atoms with Gasteiger partial charge in [-0.05, 0) is 34.5 Å². The van der Waals surface area contributed by atoms with Gasteiger partial charge in [0.05, 0.1) is 12.1 Å². The summed E-state index contributed by atoms with van der Waals surface area (Å²) in [5.41, 5.74) is 0.644. The zero-order valence-corrected chi connectivity index (χ0v) is 12.2. The molecule has 1 aromatic rings. The maximum atomic E-state index is 11.8. The van der Waals surface area contributed by atoms with Crippen LogP contribution < -0.4 is 10.6 Å². The van der Waals surface area contributed by atoms with Gasteiger partial charge in [-0.25, -0.2) is 4.79 Å². The van der Waals surface area contributed by atoms with Gasteiger partial charge < -0.3 is 15.7 Å². The fourth-order valence-electron chi connectivity index (χ4n) is 1.69. The molecule has 0 bridgehead atoms. The smallest absolute Gasteiger partial charge is 0.319 e. The van der Waals surface area contributed by atoms with Crippen LogP contribution in [0.3, 0.4) is 0 Å². The first kappa shape index (κ1) is 15.5. The molecular weight excluding hydrogens is 312 g/mol. The molecule has 104 valence electrons. The highest BCUT2D eigenvalue weighted by Crippen LogP contribution is 2.20. The molecule has 0 aliphatic heterocycles. The maximum absolute atomic E-state index is 11.8. The number of nitrogens with one attached hydrogen (secondary N) is 2. The quantitative estimate of drug-likeness (QED) is 0.750. The zero-order valence-electron chi connectivity index (χ0n) is 10.6. The summed E-state index contributed by atoms with van der Waals surface area (Å²) in [6.45, 7) is 1.95. The van der Waals surface area contributed by atoms with Gasteiger partial charge in [0.2, 0.25) is 0 Å². The summed E-state index contributed by atoms with van der Waals surface area (Å²) in [5.74, 6) is -0.917. The maximum Gasteiger partial charge on any atom is 0.319 e. The van der Waals surface area contributed by atoms with E-state index in [9.17, 15) is 9.59 Å². The van der Waals surface area contributed by atoms with Crippen molar-refractivity contribution in [3.63, 3.8) is 0 Å². The number of benzene rings is 1. The lowest BCUT2D eigenvalue weighted by Gasteiger charge is -2.17. The second-order valence-electron chi connectivity index (χ2n) is 4.16. The van der Waals surface area contributed by atoms with Gasteiger partial charge in [0.1, 0.15) is 0 Å². The molecule has 0 aromatic heterocycles. The van der Waals surface area contributed by atoms with Gasteiger partial charge in [-0.1, -0.05) is 25.5 Å². The SMILES string of the molecule is CCCC(CC(=O)O)NC(=O)Nc1ccccc1Br. The Morgan fingerprint density at radius 3 is 2.63 bits per heavy atom. The van der Waals surface area contributed by atoms with Crippen LogP contribution in [0.2, 0.25) is 0 Å². The number of rotatable bonds is 6. The number of hydrogen-bond acceptors (Lipinski definition) is 2. The molecule has 0 fully saturated rings. The molecule has 1 unspecified atom stereocenters. The average Bonchev–Trinajstić information content (AvgIpc) is 2.31. The van der Waals surface area contributed by atoms with Crippen molar-refractivity contribution < 1.29 is 14.7 Å². The lowest BCUT2D eigenvalue weighted by molar-refractivity contribution is -0.137. The van der Waals surface area contributed by atoms with Crippen LogP contribution in [0.4, 0.5) is 10.5 Å². The molecule has 0 saturated carbocycles. The Balaban J connectivity index is 2.57. The van der Waals surface area contributed by atoms with Crippen molar-refractivity contribution in [1.82, 2.24) is 5.32 Å². The van der Waals surface area contributed by atoms with E-state index in [1.807, 2.05) is 19.1 Å². The number of halogens is 1. The minimum absolute atomic E-state index is 0.0722. The number of carbonyl (C=O) groups is 2. The van der Waals surface area contributed by atoms with Crippen LogP contribution in [0.1, 0.15) is 26.2 Å². The number of carboxylic acid groups (broad SMARTS) is 1. The number of amides is 2. The Morgan fingerprint density at radius 2 is 2.05 bits per heavy atom. The first-order valence-electron chi connectivity index (χ1n) is 6.06. The van der Waals surface area contributed by atoms with Crippen LogP contribution in [0, 0.1) is 0 Å². The van der Waals surface area contributed by atoms with Crippen LogP contribution >= 0.6 is 15.9 Å². The third-order valence-electron chi connectivity index (χ3n) is 2.52. The van der Waals surface area contributed by atoms with E-state index in [1.165, 1.54) is 0 Å². The first-order valence-corrected chi connectivity index (χ1v) is 6.86. The van der Waals surface area contributed by atoms with Crippen LogP contribution in [-0.4, -0.2) is 23.1 Å².